The first kappa shape index (κ1) is 23.3. The lowest BCUT2D eigenvalue weighted by molar-refractivity contribution is -0.126. The number of halogens is 3. The maximum atomic E-state index is 14.8. The van der Waals surface area contributed by atoms with E-state index in [-0.39, 0.29) is 18.7 Å². The number of nitriles is 1. The normalized spacial score (nSPS) is 20.1. The Morgan fingerprint density at radius 1 is 1.19 bits per heavy atom. The lowest BCUT2D eigenvalue weighted by atomic mass is 9.77. The predicted octanol–water partition coefficient (Wildman–Crippen LogP) is 4.92. The van der Waals surface area contributed by atoms with Crippen molar-refractivity contribution >= 4 is 17.3 Å². The third-order valence-corrected chi connectivity index (χ3v) is 5.76. The van der Waals surface area contributed by atoms with E-state index in [0.29, 0.717) is 17.7 Å². The van der Waals surface area contributed by atoms with Crippen molar-refractivity contribution in [3.05, 3.63) is 65.5 Å². The number of amides is 1. The second-order valence-electron chi connectivity index (χ2n) is 7.91. The van der Waals surface area contributed by atoms with Gasteiger partial charge in [0.25, 0.3) is 0 Å². The van der Waals surface area contributed by atoms with E-state index in [9.17, 15) is 18.0 Å². The minimum Gasteiger partial charge on any atom is -0.353 e. The number of carbonyl (C=O) groups excluding carboxylic acids is 1. The van der Waals surface area contributed by atoms with Crippen LogP contribution in [0, 0.1) is 34.7 Å². The Hall–Kier alpha value is -3.34. The van der Waals surface area contributed by atoms with Gasteiger partial charge in [0.05, 0.1) is 23.9 Å². The predicted molar refractivity (Wildman–Crippen MR) is 116 cm³/mol. The minimum atomic E-state index is -1.34. The van der Waals surface area contributed by atoms with Crippen LogP contribution in [0.4, 0.5) is 18.9 Å². The lowest BCUT2D eigenvalue weighted by Crippen LogP contribution is -2.58. The fourth-order valence-corrected chi connectivity index (χ4v) is 4.02. The van der Waals surface area contributed by atoms with Crippen molar-refractivity contribution in [2.75, 3.05) is 11.6 Å². The monoisotopic (exact) mass is 442 g/mol. The summed E-state index contributed by atoms with van der Waals surface area (Å²) >= 11 is 0. The van der Waals surface area contributed by atoms with Gasteiger partial charge in [0.1, 0.15) is 17.2 Å². The zero-order valence-corrected chi connectivity index (χ0v) is 18.0. The maximum absolute atomic E-state index is 14.8. The highest BCUT2D eigenvalue weighted by atomic mass is 19.1. The number of anilines is 1. The van der Waals surface area contributed by atoms with Gasteiger partial charge in [-0.3, -0.25) is 4.79 Å². The third kappa shape index (κ3) is 4.47. The van der Waals surface area contributed by atoms with Crippen LogP contribution in [0.2, 0.25) is 0 Å². The largest absolute Gasteiger partial charge is 0.353 e. The number of benzene rings is 2. The molecule has 2 aromatic rings. The lowest BCUT2D eigenvalue weighted by Gasteiger charge is -2.37. The van der Waals surface area contributed by atoms with E-state index in [2.05, 4.69) is 10.4 Å². The molecule has 0 saturated heterocycles. The van der Waals surface area contributed by atoms with Crippen molar-refractivity contribution in [3.8, 4) is 6.07 Å². The highest BCUT2D eigenvalue weighted by Gasteiger charge is 2.54. The molecule has 0 radical (unpaired) electrons. The zero-order valence-electron chi connectivity index (χ0n) is 18.0. The second kappa shape index (κ2) is 9.86. The molecular weight excluding hydrogens is 417 g/mol. The average molecular weight is 442 g/mol. The molecule has 5 nitrogen and oxygen atoms in total. The number of carbonyl (C=O) groups is 1. The molecule has 1 heterocycles. The topological polar surface area (TPSA) is 68.5 Å². The molecule has 1 aliphatic heterocycles. The Labute approximate surface area is 185 Å². The number of nitrogens with zero attached hydrogens (tertiary/aromatic N) is 3. The van der Waals surface area contributed by atoms with Gasteiger partial charge in [0.15, 0.2) is 5.82 Å². The Balaban J connectivity index is 2.14. The van der Waals surface area contributed by atoms with Crippen molar-refractivity contribution in [3.63, 3.8) is 0 Å². The molecule has 1 amide bonds. The molecule has 32 heavy (non-hydrogen) atoms. The summed E-state index contributed by atoms with van der Waals surface area (Å²) in [6.07, 6.45) is 2.35. The molecule has 2 atom stereocenters. The summed E-state index contributed by atoms with van der Waals surface area (Å²) in [5.41, 5.74) is -0.232. The summed E-state index contributed by atoms with van der Waals surface area (Å²) in [7, 11) is 0. The molecule has 0 spiro atoms. The van der Waals surface area contributed by atoms with Crippen LogP contribution in [-0.4, -0.2) is 23.7 Å². The van der Waals surface area contributed by atoms with E-state index < -0.39 is 34.8 Å². The third-order valence-electron chi connectivity index (χ3n) is 5.76. The van der Waals surface area contributed by atoms with Gasteiger partial charge in [0, 0.05) is 18.5 Å². The standard InChI is InChI=1S/C24H25F3N4O/c1-3-4-6-19-22(16-7-9-17(25)10-8-16)30-31(21-12-11-18(26)15-20(21)27)24(19,2)23(32)29-14-5-13-28/h7-12,15,19H,3-6,14H2,1-2H3,(H,29,32). The molecule has 0 aliphatic carbocycles. The fraction of sp³-hybridized carbons (Fsp3) is 0.375. The van der Waals surface area contributed by atoms with Crippen molar-refractivity contribution in [1.82, 2.24) is 5.32 Å². The van der Waals surface area contributed by atoms with Crippen molar-refractivity contribution < 1.29 is 18.0 Å². The molecule has 1 N–H and O–H groups in total. The molecule has 0 fully saturated rings. The van der Waals surface area contributed by atoms with Gasteiger partial charge in [-0.2, -0.15) is 10.4 Å². The molecule has 8 heteroatoms. The van der Waals surface area contributed by atoms with Gasteiger partial charge in [-0.05, 0) is 43.2 Å². The van der Waals surface area contributed by atoms with E-state index in [0.717, 1.165) is 25.0 Å². The molecule has 3 rings (SSSR count). The van der Waals surface area contributed by atoms with Crippen molar-refractivity contribution in [1.29, 1.82) is 5.26 Å². The molecule has 1 aliphatic rings. The minimum absolute atomic E-state index is 0.0389. The molecular formula is C24H25F3N4O. The number of hydrogen-bond acceptors (Lipinski definition) is 4. The smallest absolute Gasteiger partial charge is 0.248 e. The van der Waals surface area contributed by atoms with Crippen LogP contribution in [-0.2, 0) is 4.79 Å². The van der Waals surface area contributed by atoms with Crippen LogP contribution in [0.15, 0.2) is 47.6 Å². The number of hydrazone groups is 1. The SMILES string of the molecule is CCCCC1C(c2ccc(F)cc2)=NN(c2ccc(F)cc2F)C1(C)C(=O)NCCC#N. The van der Waals surface area contributed by atoms with Crippen LogP contribution >= 0.6 is 0 Å². The number of unbranched alkanes of at least 4 members (excludes halogenated alkanes) is 1. The van der Waals surface area contributed by atoms with Crippen LogP contribution < -0.4 is 10.3 Å². The van der Waals surface area contributed by atoms with E-state index in [4.69, 9.17) is 5.26 Å². The molecule has 2 aromatic carbocycles. The first-order valence-electron chi connectivity index (χ1n) is 10.6. The number of nitrogens with one attached hydrogen (secondary N) is 1. The fourth-order valence-electron chi connectivity index (χ4n) is 4.02. The van der Waals surface area contributed by atoms with Gasteiger partial charge < -0.3 is 5.32 Å². The molecule has 2 unspecified atom stereocenters. The maximum Gasteiger partial charge on any atom is 0.248 e. The van der Waals surface area contributed by atoms with Crippen molar-refractivity contribution in [2.45, 2.75) is 45.1 Å². The summed E-state index contributed by atoms with van der Waals surface area (Å²) < 4.78 is 41.9. The highest BCUT2D eigenvalue weighted by Crippen LogP contribution is 2.42. The van der Waals surface area contributed by atoms with E-state index >= 15 is 0 Å². The first-order chi connectivity index (χ1) is 15.3. The Morgan fingerprint density at radius 2 is 1.88 bits per heavy atom. The number of rotatable bonds is 8. The Kier molecular flexibility index (Phi) is 7.18. The molecule has 0 bridgehead atoms. The van der Waals surface area contributed by atoms with E-state index in [1.54, 1.807) is 19.1 Å². The second-order valence-corrected chi connectivity index (χ2v) is 7.91. The van der Waals surface area contributed by atoms with Gasteiger partial charge in [-0.1, -0.05) is 31.9 Å². The quantitative estimate of drug-likeness (QED) is 0.590. The van der Waals surface area contributed by atoms with Gasteiger partial charge in [-0.25, -0.2) is 18.2 Å². The molecule has 0 aromatic heterocycles. The summed E-state index contributed by atoms with van der Waals surface area (Å²) in [6, 6.07) is 10.8. The van der Waals surface area contributed by atoms with Crippen LogP contribution in [0.5, 0.6) is 0 Å². The van der Waals surface area contributed by atoms with Gasteiger partial charge >= 0.3 is 0 Å². The Bertz CT molecular complexity index is 1050. The van der Waals surface area contributed by atoms with Crippen molar-refractivity contribution in [2.24, 2.45) is 11.0 Å². The van der Waals surface area contributed by atoms with Gasteiger partial charge in [-0.15, -0.1) is 0 Å². The molecule has 0 saturated carbocycles. The zero-order chi connectivity index (χ0) is 23.3. The van der Waals surface area contributed by atoms with Gasteiger partial charge in [0.2, 0.25) is 5.91 Å². The summed E-state index contributed by atoms with van der Waals surface area (Å²) in [5, 5.41) is 17.5. The van der Waals surface area contributed by atoms with E-state index in [1.165, 1.54) is 23.2 Å². The van der Waals surface area contributed by atoms with Crippen LogP contribution in [0.3, 0.4) is 0 Å². The molecule has 168 valence electrons. The summed E-state index contributed by atoms with van der Waals surface area (Å²) in [5.74, 6) is -2.86. The van der Waals surface area contributed by atoms with Crippen LogP contribution in [0.1, 0.15) is 45.1 Å². The van der Waals surface area contributed by atoms with Crippen LogP contribution in [0.25, 0.3) is 0 Å². The summed E-state index contributed by atoms with van der Waals surface area (Å²) in [4.78, 5) is 13.4. The average Bonchev–Trinajstić information content (AvgIpc) is 3.06. The Morgan fingerprint density at radius 3 is 2.50 bits per heavy atom. The summed E-state index contributed by atoms with van der Waals surface area (Å²) in [6.45, 7) is 3.82. The first-order valence-corrected chi connectivity index (χ1v) is 10.6. The number of hydrogen-bond donors (Lipinski definition) is 1. The highest BCUT2D eigenvalue weighted by molar-refractivity contribution is 6.10. The van der Waals surface area contributed by atoms with E-state index in [1.807, 2.05) is 13.0 Å².